The number of aromatic nitrogens is 4. The number of pyridine rings is 1. The summed E-state index contributed by atoms with van der Waals surface area (Å²) in [6.07, 6.45) is 8.03. The number of aromatic amines is 1. The molecule has 0 bridgehead atoms. The maximum atomic E-state index is 12.4. The van der Waals surface area contributed by atoms with Crippen molar-refractivity contribution in [1.29, 1.82) is 0 Å². The molecular formula is C17H19N5O2. The summed E-state index contributed by atoms with van der Waals surface area (Å²) in [5.41, 5.74) is 2.05. The average molecular weight is 325 g/mol. The Bertz CT molecular complexity index is 809. The van der Waals surface area contributed by atoms with Crippen molar-refractivity contribution in [3.63, 3.8) is 0 Å². The number of carbonyl (C=O) groups is 1. The van der Waals surface area contributed by atoms with Crippen molar-refractivity contribution < 1.29 is 9.90 Å². The van der Waals surface area contributed by atoms with Gasteiger partial charge in [0.1, 0.15) is 5.69 Å². The second-order valence-corrected chi connectivity index (χ2v) is 6.36. The molecule has 3 atom stereocenters. The average Bonchev–Trinajstić information content (AvgIpc) is 3.28. The number of imidazole rings is 1. The standard InChI is InChI=1S/C17H19N5O2/c23-16-7-11(9-22-5-4-18-10-22)6-14(16)21-17(24)15-8-13-12(20-15)2-1-3-19-13/h1-5,8,10-11,14,16,20,23H,6-7,9H2,(H,21,24)/t11?,14-,16-/m1/s1. The quantitative estimate of drug-likeness (QED) is 0.674. The minimum Gasteiger partial charge on any atom is -0.391 e. The molecule has 0 aromatic carbocycles. The highest BCUT2D eigenvalue weighted by molar-refractivity contribution is 5.97. The molecule has 7 nitrogen and oxygen atoms in total. The van der Waals surface area contributed by atoms with Gasteiger partial charge in [-0.15, -0.1) is 0 Å². The fraction of sp³-hybridized carbons (Fsp3) is 0.353. The fourth-order valence-electron chi connectivity index (χ4n) is 3.44. The number of fused-ring (bicyclic) bond motifs is 1. The lowest BCUT2D eigenvalue weighted by Gasteiger charge is -2.15. The molecule has 1 fully saturated rings. The smallest absolute Gasteiger partial charge is 0.268 e. The normalized spacial score (nSPS) is 23.6. The van der Waals surface area contributed by atoms with Crippen LogP contribution in [0.4, 0.5) is 0 Å². The van der Waals surface area contributed by atoms with Crippen LogP contribution in [0.1, 0.15) is 23.3 Å². The molecule has 0 radical (unpaired) electrons. The van der Waals surface area contributed by atoms with Gasteiger partial charge in [-0.1, -0.05) is 0 Å². The van der Waals surface area contributed by atoms with Crippen molar-refractivity contribution >= 4 is 16.9 Å². The lowest BCUT2D eigenvalue weighted by atomic mass is 10.1. The Morgan fingerprint density at radius 3 is 3.12 bits per heavy atom. The van der Waals surface area contributed by atoms with E-state index in [1.807, 2.05) is 22.9 Å². The van der Waals surface area contributed by atoms with Crippen LogP contribution in [0.5, 0.6) is 0 Å². The summed E-state index contributed by atoms with van der Waals surface area (Å²) < 4.78 is 2.00. The highest BCUT2D eigenvalue weighted by Gasteiger charge is 2.34. The Morgan fingerprint density at radius 2 is 2.33 bits per heavy atom. The Balaban J connectivity index is 1.41. The van der Waals surface area contributed by atoms with E-state index >= 15 is 0 Å². The van der Waals surface area contributed by atoms with Crippen LogP contribution in [0, 0.1) is 5.92 Å². The molecule has 3 aromatic heterocycles. The van der Waals surface area contributed by atoms with E-state index in [0.29, 0.717) is 18.0 Å². The summed E-state index contributed by atoms with van der Waals surface area (Å²) in [5, 5.41) is 13.2. The molecule has 1 aliphatic rings. The van der Waals surface area contributed by atoms with Gasteiger partial charge in [-0.05, 0) is 37.0 Å². The Morgan fingerprint density at radius 1 is 1.42 bits per heavy atom. The van der Waals surface area contributed by atoms with Gasteiger partial charge in [-0.2, -0.15) is 0 Å². The number of nitrogens with one attached hydrogen (secondary N) is 2. The molecule has 0 spiro atoms. The highest BCUT2D eigenvalue weighted by atomic mass is 16.3. The number of hydrogen-bond donors (Lipinski definition) is 3. The molecule has 4 rings (SSSR count). The lowest BCUT2D eigenvalue weighted by molar-refractivity contribution is 0.0868. The molecule has 124 valence electrons. The van der Waals surface area contributed by atoms with Gasteiger partial charge in [0.05, 0.1) is 29.5 Å². The summed E-state index contributed by atoms with van der Waals surface area (Å²) >= 11 is 0. The number of carbonyl (C=O) groups excluding carboxylic acids is 1. The molecule has 3 aromatic rings. The van der Waals surface area contributed by atoms with E-state index in [1.54, 1.807) is 24.8 Å². The van der Waals surface area contributed by atoms with Crippen LogP contribution in [0.2, 0.25) is 0 Å². The first-order chi connectivity index (χ1) is 11.7. The minimum atomic E-state index is -0.523. The zero-order valence-electron chi connectivity index (χ0n) is 13.1. The number of H-pyrrole nitrogens is 1. The first-order valence-corrected chi connectivity index (χ1v) is 8.07. The third kappa shape index (κ3) is 2.90. The molecule has 1 aliphatic carbocycles. The predicted molar refractivity (Wildman–Crippen MR) is 88.3 cm³/mol. The molecule has 1 unspecified atom stereocenters. The van der Waals surface area contributed by atoms with Crippen LogP contribution in [0.15, 0.2) is 43.1 Å². The van der Waals surface area contributed by atoms with E-state index in [2.05, 4.69) is 20.3 Å². The van der Waals surface area contributed by atoms with Crippen molar-refractivity contribution in [3.8, 4) is 0 Å². The summed E-state index contributed by atoms with van der Waals surface area (Å²) in [4.78, 5) is 23.8. The SMILES string of the molecule is O=C(N[C@@H]1CC(Cn2ccnc2)C[C@H]1O)c1cc2ncccc2[nH]1. The first kappa shape index (κ1) is 14.9. The van der Waals surface area contributed by atoms with Gasteiger partial charge in [0.25, 0.3) is 5.91 Å². The summed E-state index contributed by atoms with van der Waals surface area (Å²) in [6, 6.07) is 5.20. The van der Waals surface area contributed by atoms with Gasteiger partial charge in [-0.25, -0.2) is 4.98 Å². The third-order valence-corrected chi connectivity index (χ3v) is 4.60. The van der Waals surface area contributed by atoms with Crippen molar-refractivity contribution in [3.05, 3.63) is 48.8 Å². The second kappa shape index (κ2) is 6.09. The molecule has 0 aliphatic heterocycles. The molecule has 3 N–H and O–H groups in total. The van der Waals surface area contributed by atoms with E-state index in [-0.39, 0.29) is 11.9 Å². The Kier molecular flexibility index (Phi) is 3.78. The van der Waals surface area contributed by atoms with Crippen LogP contribution < -0.4 is 5.32 Å². The van der Waals surface area contributed by atoms with Crippen LogP contribution in [0.3, 0.4) is 0 Å². The van der Waals surface area contributed by atoms with Gasteiger partial charge >= 0.3 is 0 Å². The van der Waals surface area contributed by atoms with E-state index in [0.717, 1.165) is 24.0 Å². The summed E-state index contributed by atoms with van der Waals surface area (Å²) in [6.45, 7) is 0.805. The molecular weight excluding hydrogens is 306 g/mol. The molecule has 7 heteroatoms. The summed E-state index contributed by atoms with van der Waals surface area (Å²) in [7, 11) is 0. The van der Waals surface area contributed by atoms with Crippen LogP contribution >= 0.6 is 0 Å². The van der Waals surface area contributed by atoms with Crippen LogP contribution in [-0.2, 0) is 6.54 Å². The van der Waals surface area contributed by atoms with E-state index in [4.69, 9.17) is 0 Å². The molecule has 0 saturated heterocycles. The maximum Gasteiger partial charge on any atom is 0.268 e. The number of amides is 1. The van der Waals surface area contributed by atoms with E-state index in [9.17, 15) is 9.90 Å². The molecule has 24 heavy (non-hydrogen) atoms. The van der Waals surface area contributed by atoms with Gasteiger partial charge in [0.15, 0.2) is 0 Å². The van der Waals surface area contributed by atoms with Gasteiger partial charge in [0, 0.05) is 25.1 Å². The number of rotatable bonds is 4. The van der Waals surface area contributed by atoms with Gasteiger partial charge in [-0.3, -0.25) is 9.78 Å². The molecule has 3 heterocycles. The van der Waals surface area contributed by atoms with Crippen LogP contribution in [-0.4, -0.2) is 42.7 Å². The summed E-state index contributed by atoms with van der Waals surface area (Å²) in [5.74, 6) is 0.115. The molecule has 1 amide bonds. The third-order valence-electron chi connectivity index (χ3n) is 4.60. The van der Waals surface area contributed by atoms with Crippen LogP contribution in [0.25, 0.3) is 11.0 Å². The second-order valence-electron chi connectivity index (χ2n) is 6.36. The lowest BCUT2D eigenvalue weighted by Crippen LogP contribution is -2.40. The van der Waals surface area contributed by atoms with Crippen molar-refractivity contribution in [1.82, 2.24) is 24.8 Å². The van der Waals surface area contributed by atoms with E-state index < -0.39 is 6.10 Å². The van der Waals surface area contributed by atoms with Crippen molar-refractivity contribution in [2.75, 3.05) is 0 Å². The first-order valence-electron chi connectivity index (χ1n) is 8.07. The predicted octanol–water partition coefficient (Wildman–Crippen LogP) is 1.33. The largest absolute Gasteiger partial charge is 0.391 e. The van der Waals surface area contributed by atoms with Gasteiger partial charge < -0.3 is 20.0 Å². The molecule has 1 saturated carbocycles. The maximum absolute atomic E-state index is 12.4. The Labute approximate surface area is 138 Å². The van der Waals surface area contributed by atoms with Crippen molar-refractivity contribution in [2.24, 2.45) is 5.92 Å². The monoisotopic (exact) mass is 325 g/mol. The zero-order chi connectivity index (χ0) is 16.5. The van der Waals surface area contributed by atoms with Crippen molar-refractivity contribution in [2.45, 2.75) is 31.5 Å². The Hall–Kier alpha value is -2.67. The fourth-order valence-corrected chi connectivity index (χ4v) is 3.44. The number of aliphatic hydroxyl groups is 1. The number of nitrogens with zero attached hydrogens (tertiary/aromatic N) is 3. The number of aliphatic hydroxyl groups excluding tert-OH is 1. The van der Waals surface area contributed by atoms with E-state index in [1.165, 1.54) is 0 Å². The zero-order valence-corrected chi connectivity index (χ0v) is 13.1. The minimum absolute atomic E-state index is 0.208. The topological polar surface area (TPSA) is 95.8 Å². The highest BCUT2D eigenvalue weighted by Crippen LogP contribution is 2.28. The number of hydrogen-bond acceptors (Lipinski definition) is 4. The van der Waals surface area contributed by atoms with Gasteiger partial charge in [0.2, 0.25) is 0 Å².